The Morgan fingerprint density at radius 1 is 1.23 bits per heavy atom. The zero-order chi connectivity index (χ0) is 20.7. The first-order chi connectivity index (χ1) is 14.6. The minimum Gasteiger partial charge on any atom is -0.331 e. The summed E-state index contributed by atoms with van der Waals surface area (Å²) in [5.74, 6) is 1.46. The minimum absolute atomic E-state index is 0.00316. The summed E-state index contributed by atoms with van der Waals surface area (Å²) in [6.45, 7) is 2.85. The van der Waals surface area contributed by atoms with Crippen LogP contribution in [0.25, 0.3) is 17.0 Å². The molecule has 8 nitrogen and oxygen atoms in total. The van der Waals surface area contributed by atoms with E-state index in [1.54, 1.807) is 4.57 Å². The van der Waals surface area contributed by atoms with Crippen molar-refractivity contribution in [2.45, 2.75) is 32.4 Å². The van der Waals surface area contributed by atoms with Crippen LogP contribution in [0.4, 0.5) is 0 Å². The molecule has 0 aliphatic carbocycles. The minimum atomic E-state index is -0.0987. The fraction of sp³-hybridized carbons (Fsp3) is 0.286. The van der Waals surface area contributed by atoms with Crippen LogP contribution in [0.2, 0.25) is 0 Å². The number of carbonyl (C=O) groups is 1. The Bertz CT molecular complexity index is 1290. The van der Waals surface area contributed by atoms with E-state index in [0.29, 0.717) is 17.1 Å². The number of carbonyl (C=O) groups excluding carboxylic acids is 1. The van der Waals surface area contributed by atoms with Gasteiger partial charge < -0.3 is 4.90 Å². The van der Waals surface area contributed by atoms with Gasteiger partial charge in [0, 0.05) is 18.3 Å². The first kappa shape index (κ1) is 18.7. The van der Waals surface area contributed by atoms with Gasteiger partial charge in [0.1, 0.15) is 6.54 Å². The molecule has 1 aromatic carbocycles. The van der Waals surface area contributed by atoms with Crippen LogP contribution in [0.5, 0.6) is 0 Å². The molecule has 4 heterocycles. The zero-order valence-corrected chi connectivity index (χ0v) is 17.3. The molecule has 5 rings (SSSR count). The molecule has 152 valence electrons. The number of hydrogen-bond donors (Lipinski definition) is 1. The van der Waals surface area contributed by atoms with Crippen molar-refractivity contribution in [1.82, 2.24) is 34.3 Å². The van der Waals surface area contributed by atoms with Crippen molar-refractivity contribution in [1.29, 1.82) is 0 Å². The summed E-state index contributed by atoms with van der Waals surface area (Å²) < 4.78 is 4.16. The zero-order valence-electron chi connectivity index (χ0n) is 16.5. The van der Waals surface area contributed by atoms with Gasteiger partial charge in [-0.2, -0.15) is 5.10 Å². The number of aryl methyl sites for hydroxylation is 1. The summed E-state index contributed by atoms with van der Waals surface area (Å²) in [4.78, 5) is 15.2. The Morgan fingerprint density at radius 3 is 3.00 bits per heavy atom. The molecular weight excluding hydrogens is 398 g/mol. The summed E-state index contributed by atoms with van der Waals surface area (Å²) in [5, 5.41) is 15.8. The maximum atomic E-state index is 13.3. The Kier molecular flexibility index (Phi) is 4.66. The number of hydrogen-bond acceptors (Lipinski definition) is 5. The number of rotatable bonds is 4. The summed E-state index contributed by atoms with van der Waals surface area (Å²) >= 11 is 5.42. The number of amides is 1. The molecule has 4 aromatic rings. The number of aromatic nitrogens is 6. The van der Waals surface area contributed by atoms with Gasteiger partial charge in [-0.05, 0) is 50.2 Å². The highest BCUT2D eigenvalue weighted by atomic mass is 32.1. The van der Waals surface area contributed by atoms with E-state index in [9.17, 15) is 4.79 Å². The number of aromatic amines is 1. The third-order valence-corrected chi connectivity index (χ3v) is 5.85. The van der Waals surface area contributed by atoms with Crippen molar-refractivity contribution < 1.29 is 4.79 Å². The molecule has 1 fully saturated rings. The number of likely N-dealkylation sites (tertiary alicyclic amines) is 1. The van der Waals surface area contributed by atoms with E-state index in [2.05, 4.69) is 20.4 Å². The normalized spacial score (nSPS) is 16.4. The van der Waals surface area contributed by atoms with E-state index in [1.165, 1.54) is 0 Å². The second-order valence-electron chi connectivity index (χ2n) is 7.54. The molecule has 30 heavy (non-hydrogen) atoms. The molecule has 0 bridgehead atoms. The van der Waals surface area contributed by atoms with Gasteiger partial charge in [0.25, 0.3) is 0 Å². The van der Waals surface area contributed by atoms with E-state index >= 15 is 0 Å². The first-order valence-corrected chi connectivity index (χ1v) is 10.3. The van der Waals surface area contributed by atoms with Crippen LogP contribution in [0.3, 0.4) is 0 Å². The topological polar surface area (TPSA) is 84.1 Å². The number of fused-ring (bicyclic) bond motifs is 1. The van der Waals surface area contributed by atoms with E-state index < -0.39 is 0 Å². The Balaban J connectivity index is 1.45. The van der Waals surface area contributed by atoms with Crippen LogP contribution in [0, 0.1) is 11.7 Å². The van der Waals surface area contributed by atoms with Crippen LogP contribution in [-0.2, 0) is 11.3 Å². The summed E-state index contributed by atoms with van der Waals surface area (Å²) in [6.07, 6.45) is 3.73. The van der Waals surface area contributed by atoms with Crippen LogP contribution < -0.4 is 0 Å². The van der Waals surface area contributed by atoms with Gasteiger partial charge in [-0.3, -0.25) is 18.9 Å². The van der Waals surface area contributed by atoms with Crippen LogP contribution >= 0.6 is 12.2 Å². The number of benzene rings is 1. The SMILES string of the molecule is Cc1cccc(-c2n[nH]c(=S)n2CC(=O)N2CCCC2c2nnc3ccccn23)c1. The predicted octanol–water partition coefficient (Wildman–Crippen LogP) is 3.32. The summed E-state index contributed by atoms with van der Waals surface area (Å²) in [6, 6.07) is 13.7. The molecule has 1 amide bonds. The Hall–Kier alpha value is -3.33. The highest BCUT2D eigenvalue weighted by Gasteiger charge is 2.33. The molecule has 1 N–H and O–H groups in total. The fourth-order valence-corrected chi connectivity index (χ4v) is 4.31. The monoisotopic (exact) mass is 419 g/mol. The third kappa shape index (κ3) is 3.21. The van der Waals surface area contributed by atoms with Gasteiger partial charge in [-0.15, -0.1) is 10.2 Å². The molecular formula is C21H21N7OS. The first-order valence-electron chi connectivity index (χ1n) is 9.93. The summed E-state index contributed by atoms with van der Waals surface area (Å²) in [5.41, 5.74) is 2.83. The van der Waals surface area contributed by atoms with Gasteiger partial charge in [0.2, 0.25) is 5.91 Å². The maximum Gasteiger partial charge on any atom is 0.243 e. The van der Waals surface area contributed by atoms with E-state index in [4.69, 9.17) is 12.2 Å². The van der Waals surface area contributed by atoms with Crippen LogP contribution in [0.15, 0.2) is 48.7 Å². The summed E-state index contributed by atoms with van der Waals surface area (Å²) in [7, 11) is 0. The van der Waals surface area contributed by atoms with Crippen molar-refractivity contribution in [2.75, 3.05) is 6.54 Å². The number of pyridine rings is 1. The number of nitrogens with one attached hydrogen (secondary N) is 1. The van der Waals surface area contributed by atoms with Crippen molar-refractivity contribution >= 4 is 23.8 Å². The molecule has 1 aliphatic heterocycles. The van der Waals surface area contributed by atoms with Crippen LogP contribution in [0.1, 0.15) is 30.3 Å². The quantitative estimate of drug-likeness (QED) is 0.513. The van der Waals surface area contributed by atoms with Gasteiger partial charge >= 0.3 is 0 Å². The lowest BCUT2D eigenvalue weighted by Gasteiger charge is -2.24. The average molecular weight is 420 g/mol. The Labute approximate surface area is 178 Å². The van der Waals surface area contributed by atoms with Gasteiger partial charge in [0.15, 0.2) is 22.1 Å². The second kappa shape index (κ2) is 7.49. The molecule has 1 aliphatic rings. The van der Waals surface area contributed by atoms with E-state index in [0.717, 1.165) is 35.4 Å². The van der Waals surface area contributed by atoms with Gasteiger partial charge in [-0.1, -0.05) is 29.8 Å². The molecule has 3 aromatic heterocycles. The molecule has 1 unspecified atom stereocenters. The number of H-pyrrole nitrogens is 1. The number of nitrogens with zero attached hydrogens (tertiary/aromatic N) is 6. The lowest BCUT2D eigenvalue weighted by molar-refractivity contribution is -0.132. The highest BCUT2D eigenvalue weighted by Crippen LogP contribution is 2.31. The van der Waals surface area contributed by atoms with Crippen molar-refractivity contribution in [2.24, 2.45) is 0 Å². The Morgan fingerprint density at radius 2 is 2.13 bits per heavy atom. The molecule has 0 radical (unpaired) electrons. The van der Waals surface area contributed by atoms with Crippen molar-refractivity contribution in [3.05, 3.63) is 64.8 Å². The standard InChI is InChI=1S/C21H21N7OS/c1-14-6-4-7-15(12-14)19-23-25-21(30)28(19)13-18(29)26-11-5-8-16(26)20-24-22-17-9-2-3-10-27(17)20/h2-4,6-7,9-10,12,16H,5,8,11,13H2,1H3,(H,25,30). The maximum absolute atomic E-state index is 13.3. The largest absolute Gasteiger partial charge is 0.331 e. The lowest BCUT2D eigenvalue weighted by Crippen LogP contribution is -2.34. The fourth-order valence-electron chi connectivity index (χ4n) is 4.12. The van der Waals surface area contributed by atoms with E-state index in [1.807, 2.05) is 64.9 Å². The van der Waals surface area contributed by atoms with Crippen molar-refractivity contribution in [3.63, 3.8) is 0 Å². The highest BCUT2D eigenvalue weighted by molar-refractivity contribution is 7.71. The van der Waals surface area contributed by atoms with Crippen molar-refractivity contribution in [3.8, 4) is 11.4 Å². The van der Waals surface area contributed by atoms with Gasteiger partial charge in [0.05, 0.1) is 6.04 Å². The average Bonchev–Trinajstić information content (AvgIpc) is 3.46. The molecule has 0 spiro atoms. The molecule has 1 saturated heterocycles. The molecule has 9 heteroatoms. The van der Waals surface area contributed by atoms with Gasteiger partial charge in [-0.25, -0.2) is 0 Å². The smallest absolute Gasteiger partial charge is 0.243 e. The molecule has 0 saturated carbocycles. The predicted molar refractivity (Wildman–Crippen MR) is 114 cm³/mol. The van der Waals surface area contributed by atoms with E-state index in [-0.39, 0.29) is 18.5 Å². The molecule has 1 atom stereocenters. The second-order valence-corrected chi connectivity index (χ2v) is 7.93. The third-order valence-electron chi connectivity index (χ3n) is 5.54. The lowest BCUT2D eigenvalue weighted by atomic mass is 10.1. The van der Waals surface area contributed by atoms with Crippen LogP contribution in [-0.4, -0.2) is 46.7 Å².